The molecule has 0 saturated carbocycles. The van der Waals surface area contributed by atoms with Crippen molar-refractivity contribution in [2.45, 2.75) is 13.8 Å². The number of nitrogens with zero attached hydrogens (tertiary/aromatic N) is 1. The average Bonchev–Trinajstić information content (AvgIpc) is 1.96. The van der Waals surface area contributed by atoms with Crippen molar-refractivity contribution in [1.29, 1.82) is 0 Å². The Hall–Kier alpha value is -1.31. The fraction of sp³-hybridized carbons (Fsp3) is 0.273. The first kappa shape index (κ1) is 11.7. The van der Waals surface area contributed by atoms with Gasteiger partial charge >= 0.3 is 0 Å². The summed E-state index contributed by atoms with van der Waals surface area (Å²) in [5, 5.41) is 0.507. The van der Waals surface area contributed by atoms with Crippen molar-refractivity contribution in [1.82, 2.24) is 5.12 Å². The van der Waals surface area contributed by atoms with E-state index in [4.69, 9.17) is 0 Å². The van der Waals surface area contributed by atoms with Crippen LogP contribution in [0.15, 0.2) is 48.2 Å². The van der Waals surface area contributed by atoms with E-state index in [9.17, 15) is 4.48 Å². The summed E-state index contributed by atoms with van der Waals surface area (Å²) < 4.78 is 12.5. The van der Waals surface area contributed by atoms with Crippen molar-refractivity contribution in [2.75, 3.05) is 7.05 Å². The molecule has 2 heteroatoms. The monoisotopic (exact) mass is 181 g/mol. The van der Waals surface area contributed by atoms with Gasteiger partial charge < -0.3 is 0 Å². The molecule has 0 N–H and O–H groups in total. The van der Waals surface area contributed by atoms with Crippen LogP contribution in [0.2, 0.25) is 0 Å². The molecule has 0 atom stereocenters. The third-order valence-electron chi connectivity index (χ3n) is 1.36. The van der Waals surface area contributed by atoms with Crippen LogP contribution in [0.3, 0.4) is 0 Å². The van der Waals surface area contributed by atoms with E-state index in [1.54, 1.807) is 6.08 Å². The summed E-state index contributed by atoms with van der Waals surface area (Å²) in [5.74, 6) is 0. The van der Waals surface area contributed by atoms with Crippen molar-refractivity contribution in [3.63, 3.8) is 0 Å². The zero-order valence-corrected chi connectivity index (χ0v) is 8.47. The Kier molecular flexibility index (Phi) is 4.82. The largest absolute Gasteiger partial charge is 0.222 e. The number of hydrogen-bond acceptors (Lipinski definition) is 1. The first-order chi connectivity index (χ1) is 5.93. The van der Waals surface area contributed by atoms with Crippen LogP contribution in [0.1, 0.15) is 13.8 Å². The van der Waals surface area contributed by atoms with Gasteiger partial charge in [-0.05, 0) is 25.0 Å². The standard InChI is InChI=1S/C11H16FN/c1-9(2)6-7-11(10(3)4)8-13(5)12/h6-8H,1,3H2,2,4-5H3/b7-6-,11-8-. The summed E-state index contributed by atoms with van der Waals surface area (Å²) >= 11 is 0. The molecular formula is C11H16FN. The quantitative estimate of drug-likeness (QED) is 0.474. The van der Waals surface area contributed by atoms with Crippen molar-refractivity contribution in [3.05, 3.63) is 48.2 Å². The van der Waals surface area contributed by atoms with Gasteiger partial charge in [-0.25, -0.2) is 5.12 Å². The average molecular weight is 181 g/mol. The van der Waals surface area contributed by atoms with E-state index >= 15 is 0 Å². The summed E-state index contributed by atoms with van der Waals surface area (Å²) in [4.78, 5) is 0. The van der Waals surface area contributed by atoms with E-state index in [2.05, 4.69) is 13.2 Å². The second kappa shape index (κ2) is 5.36. The van der Waals surface area contributed by atoms with Crippen LogP contribution >= 0.6 is 0 Å². The molecule has 0 heterocycles. The summed E-state index contributed by atoms with van der Waals surface area (Å²) in [6, 6.07) is 0. The van der Waals surface area contributed by atoms with Gasteiger partial charge in [0, 0.05) is 13.2 Å². The van der Waals surface area contributed by atoms with E-state index in [1.807, 2.05) is 19.9 Å². The van der Waals surface area contributed by atoms with Gasteiger partial charge in [-0.1, -0.05) is 30.9 Å². The normalized spacial score (nSPS) is 11.8. The number of hydrogen-bond donors (Lipinski definition) is 0. The Balaban J connectivity index is 4.64. The van der Waals surface area contributed by atoms with E-state index in [0.29, 0.717) is 5.12 Å². The fourth-order valence-corrected chi connectivity index (χ4v) is 0.719. The smallest absolute Gasteiger partial charge is 0.0397 e. The zero-order valence-electron chi connectivity index (χ0n) is 8.47. The molecule has 0 unspecified atom stereocenters. The fourth-order valence-electron chi connectivity index (χ4n) is 0.719. The van der Waals surface area contributed by atoms with E-state index < -0.39 is 0 Å². The summed E-state index contributed by atoms with van der Waals surface area (Å²) in [6.07, 6.45) is 4.99. The Labute approximate surface area is 79.5 Å². The lowest BCUT2D eigenvalue weighted by atomic mass is 10.1. The molecule has 0 radical (unpaired) electrons. The van der Waals surface area contributed by atoms with E-state index in [0.717, 1.165) is 16.7 Å². The van der Waals surface area contributed by atoms with Crippen LogP contribution in [0.25, 0.3) is 0 Å². The predicted octanol–water partition coefficient (Wildman–Crippen LogP) is 3.40. The molecular weight excluding hydrogens is 165 g/mol. The minimum Gasteiger partial charge on any atom is -0.222 e. The van der Waals surface area contributed by atoms with Crippen LogP contribution in [-0.4, -0.2) is 12.2 Å². The third-order valence-corrected chi connectivity index (χ3v) is 1.36. The van der Waals surface area contributed by atoms with E-state index in [-0.39, 0.29) is 0 Å². The van der Waals surface area contributed by atoms with Crippen molar-refractivity contribution in [3.8, 4) is 0 Å². The first-order valence-corrected chi connectivity index (χ1v) is 4.03. The van der Waals surface area contributed by atoms with Crippen molar-refractivity contribution >= 4 is 0 Å². The highest BCUT2D eigenvalue weighted by Gasteiger charge is 1.94. The molecule has 1 nitrogen and oxygen atoms in total. The number of halogens is 1. The van der Waals surface area contributed by atoms with Gasteiger partial charge in [-0.2, -0.15) is 0 Å². The topological polar surface area (TPSA) is 3.24 Å². The first-order valence-electron chi connectivity index (χ1n) is 4.03. The summed E-state index contributed by atoms with van der Waals surface area (Å²) in [6.45, 7) is 11.2. The third kappa shape index (κ3) is 5.91. The Morgan fingerprint density at radius 1 is 1.23 bits per heavy atom. The molecule has 0 aromatic rings. The van der Waals surface area contributed by atoms with Crippen LogP contribution < -0.4 is 0 Å². The van der Waals surface area contributed by atoms with Crippen LogP contribution in [0.4, 0.5) is 4.48 Å². The van der Waals surface area contributed by atoms with Gasteiger partial charge in [-0.15, -0.1) is 4.48 Å². The highest BCUT2D eigenvalue weighted by molar-refractivity contribution is 5.38. The maximum absolute atomic E-state index is 12.5. The molecule has 0 aliphatic carbocycles. The number of allylic oxidation sites excluding steroid dienone is 5. The molecule has 0 aromatic carbocycles. The molecule has 0 bridgehead atoms. The molecule has 0 aromatic heterocycles. The Morgan fingerprint density at radius 3 is 2.08 bits per heavy atom. The van der Waals surface area contributed by atoms with Crippen molar-refractivity contribution in [2.24, 2.45) is 0 Å². The highest BCUT2D eigenvalue weighted by Crippen LogP contribution is 2.10. The van der Waals surface area contributed by atoms with Gasteiger partial charge in [0.2, 0.25) is 0 Å². The minimum absolute atomic E-state index is 0.507. The van der Waals surface area contributed by atoms with Crippen LogP contribution in [0.5, 0.6) is 0 Å². The van der Waals surface area contributed by atoms with Gasteiger partial charge in [-0.3, -0.25) is 0 Å². The molecule has 0 rings (SSSR count). The zero-order chi connectivity index (χ0) is 10.4. The summed E-state index contributed by atoms with van der Waals surface area (Å²) in [7, 11) is 1.33. The SMILES string of the molecule is C=C(C)/C=C\C(=C\N(C)F)C(=C)C. The molecule has 0 amide bonds. The van der Waals surface area contributed by atoms with E-state index in [1.165, 1.54) is 13.2 Å². The molecule has 0 fully saturated rings. The molecule has 0 aliphatic rings. The maximum atomic E-state index is 12.5. The number of rotatable bonds is 4. The Morgan fingerprint density at radius 2 is 1.77 bits per heavy atom. The maximum Gasteiger partial charge on any atom is 0.0397 e. The lowest BCUT2D eigenvalue weighted by Gasteiger charge is -2.04. The Bertz CT molecular complexity index is 259. The molecule has 0 spiro atoms. The van der Waals surface area contributed by atoms with Crippen LogP contribution in [-0.2, 0) is 0 Å². The highest BCUT2D eigenvalue weighted by atomic mass is 19.2. The van der Waals surface area contributed by atoms with Crippen molar-refractivity contribution < 1.29 is 4.48 Å². The second-order valence-corrected chi connectivity index (χ2v) is 3.07. The predicted molar refractivity (Wildman–Crippen MR) is 55.7 cm³/mol. The van der Waals surface area contributed by atoms with Crippen LogP contribution in [0, 0.1) is 0 Å². The second-order valence-electron chi connectivity index (χ2n) is 3.07. The van der Waals surface area contributed by atoms with Gasteiger partial charge in [0.1, 0.15) is 0 Å². The van der Waals surface area contributed by atoms with Gasteiger partial charge in [0.15, 0.2) is 0 Å². The molecule has 0 aliphatic heterocycles. The lowest BCUT2D eigenvalue weighted by Crippen LogP contribution is -1.96. The molecule has 13 heavy (non-hydrogen) atoms. The minimum atomic E-state index is 0.507. The van der Waals surface area contributed by atoms with Gasteiger partial charge in [0.25, 0.3) is 0 Å². The van der Waals surface area contributed by atoms with Gasteiger partial charge in [0.05, 0.1) is 0 Å². The lowest BCUT2D eigenvalue weighted by molar-refractivity contribution is 0.128. The molecule has 0 saturated heterocycles. The summed E-state index contributed by atoms with van der Waals surface area (Å²) in [5.41, 5.74) is 2.50. The molecule has 72 valence electrons.